The van der Waals surface area contributed by atoms with Gasteiger partial charge in [0.1, 0.15) is 0 Å². The van der Waals surface area contributed by atoms with E-state index >= 15 is 0 Å². The first-order chi connectivity index (χ1) is 7.49. The summed E-state index contributed by atoms with van der Waals surface area (Å²) < 4.78 is 23.5. The van der Waals surface area contributed by atoms with E-state index in [0.29, 0.717) is 12.6 Å². The summed E-state index contributed by atoms with van der Waals surface area (Å²) in [5.74, 6) is 0.327. The van der Waals surface area contributed by atoms with Crippen LogP contribution in [0.2, 0.25) is 0 Å². The molecule has 0 aliphatic carbocycles. The number of hydrogen-bond acceptors (Lipinski definition) is 3. The quantitative estimate of drug-likeness (QED) is 0.865. The molecule has 1 N–H and O–H groups in total. The summed E-state index contributed by atoms with van der Waals surface area (Å²) in [6.45, 7) is 4.53. The minimum atomic E-state index is -2.99. The minimum absolute atomic E-state index is 0. The lowest BCUT2D eigenvalue weighted by Gasteiger charge is -2.08. The molecule has 0 saturated heterocycles. The maximum absolute atomic E-state index is 11.7. The predicted octanol–water partition coefficient (Wildman–Crippen LogP) is 2.02. The van der Waals surface area contributed by atoms with Gasteiger partial charge in [0.15, 0.2) is 9.84 Å². The molecule has 1 aromatic rings. The van der Waals surface area contributed by atoms with Gasteiger partial charge in [0.05, 0.1) is 11.5 Å². The molecular weight excluding hydrogens is 258 g/mol. The van der Waals surface area contributed by atoms with E-state index in [9.17, 15) is 8.42 Å². The van der Waals surface area contributed by atoms with E-state index in [0.717, 1.165) is 5.56 Å². The molecule has 0 spiro atoms. The molecule has 1 aromatic carbocycles. The molecule has 0 aliphatic rings. The highest BCUT2D eigenvalue weighted by Gasteiger charge is 2.11. The number of halogens is 1. The van der Waals surface area contributed by atoms with Gasteiger partial charge in [-0.1, -0.05) is 44.2 Å². The van der Waals surface area contributed by atoms with Crippen LogP contribution in [0.15, 0.2) is 30.3 Å². The summed E-state index contributed by atoms with van der Waals surface area (Å²) in [4.78, 5) is 0. The second-order valence-electron chi connectivity index (χ2n) is 4.19. The van der Waals surface area contributed by atoms with Gasteiger partial charge in [0.2, 0.25) is 0 Å². The van der Waals surface area contributed by atoms with E-state index in [4.69, 9.17) is 0 Å². The summed E-state index contributed by atoms with van der Waals surface area (Å²) in [5, 5.41) is 3.11. The highest BCUT2D eigenvalue weighted by Crippen LogP contribution is 2.05. The van der Waals surface area contributed by atoms with Crippen molar-refractivity contribution in [1.29, 1.82) is 0 Å². The van der Waals surface area contributed by atoms with Crippen molar-refractivity contribution in [2.45, 2.75) is 25.6 Å². The summed E-state index contributed by atoms with van der Waals surface area (Å²) in [5.41, 5.74) is 0.854. The Labute approximate surface area is 110 Å². The van der Waals surface area contributed by atoms with Gasteiger partial charge in [-0.25, -0.2) is 8.42 Å². The number of hydrogen-bond donors (Lipinski definition) is 1. The Kier molecular flexibility index (Phi) is 7.43. The third kappa shape index (κ3) is 7.36. The fourth-order valence-electron chi connectivity index (χ4n) is 1.40. The van der Waals surface area contributed by atoms with E-state index in [1.807, 2.05) is 44.2 Å². The molecule has 0 amide bonds. The number of nitrogens with one attached hydrogen (secondary N) is 1. The Morgan fingerprint density at radius 3 is 2.29 bits per heavy atom. The fraction of sp³-hybridized carbons (Fsp3) is 0.500. The predicted molar refractivity (Wildman–Crippen MR) is 74.3 cm³/mol. The van der Waals surface area contributed by atoms with Crippen LogP contribution in [0.5, 0.6) is 0 Å². The molecule has 0 fully saturated rings. The Bertz CT molecular complexity index is 404. The molecule has 0 unspecified atom stereocenters. The Morgan fingerprint density at radius 2 is 1.76 bits per heavy atom. The van der Waals surface area contributed by atoms with Crippen LogP contribution in [0.4, 0.5) is 0 Å². The van der Waals surface area contributed by atoms with Gasteiger partial charge < -0.3 is 5.32 Å². The van der Waals surface area contributed by atoms with Crippen molar-refractivity contribution in [2.24, 2.45) is 0 Å². The monoisotopic (exact) mass is 277 g/mol. The molecule has 3 nitrogen and oxygen atoms in total. The molecule has 0 bridgehead atoms. The van der Waals surface area contributed by atoms with E-state index in [1.54, 1.807) is 0 Å². The van der Waals surface area contributed by atoms with Crippen LogP contribution >= 0.6 is 12.4 Å². The molecule has 0 saturated carbocycles. The Morgan fingerprint density at radius 1 is 1.18 bits per heavy atom. The van der Waals surface area contributed by atoms with Gasteiger partial charge in [-0.15, -0.1) is 12.4 Å². The summed E-state index contributed by atoms with van der Waals surface area (Å²) in [6, 6.07) is 9.61. The molecular formula is C12H20ClNO2S. The highest BCUT2D eigenvalue weighted by atomic mass is 35.5. The molecule has 1 rings (SSSR count). The summed E-state index contributed by atoms with van der Waals surface area (Å²) in [7, 11) is -2.99. The normalized spacial score (nSPS) is 11.2. The van der Waals surface area contributed by atoms with Crippen LogP contribution in [0.3, 0.4) is 0 Å². The van der Waals surface area contributed by atoms with Gasteiger partial charge in [-0.05, 0) is 5.56 Å². The maximum Gasteiger partial charge on any atom is 0.155 e. The fourth-order valence-corrected chi connectivity index (χ4v) is 2.68. The average molecular weight is 278 g/mol. The van der Waals surface area contributed by atoms with Crippen molar-refractivity contribution in [3.8, 4) is 0 Å². The first-order valence-corrected chi connectivity index (χ1v) is 7.29. The van der Waals surface area contributed by atoms with Crippen LogP contribution in [0, 0.1) is 0 Å². The molecule has 0 radical (unpaired) electrons. The van der Waals surface area contributed by atoms with Crippen molar-refractivity contribution in [3.63, 3.8) is 0 Å². The van der Waals surface area contributed by atoms with Crippen LogP contribution in [-0.2, 0) is 15.6 Å². The molecule has 98 valence electrons. The molecule has 17 heavy (non-hydrogen) atoms. The molecule has 0 heterocycles. The molecule has 5 heteroatoms. The molecule has 0 aromatic heterocycles. The van der Waals surface area contributed by atoms with Gasteiger partial charge in [-0.3, -0.25) is 0 Å². The Hall–Kier alpha value is -0.580. The summed E-state index contributed by atoms with van der Waals surface area (Å²) in [6.07, 6.45) is 0. The highest BCUT2D eigenvalue weighted by molar-refractivity contribution is 7.90. The third-order valence-corrected chi connectivity index (χ3v) is 3.79. The first kappa shape index (κ1) is 16.4. The van der Waals surface area contributed by atoms with E-state index < -0.39 is 9.84 Å². The van der Waals surface area contributed by atoms with Crippen molar-refractivity contribution >= 4 is 22.2 Å². The van der Waals surface area contributed by atoms with Crippen molar-refractivity contribution in [2.75, 3.05) is 12.3 Å². The van der Waals surface area contributed by atoms with Gasteiger partial charge in [-0.2, -0.15) is 0 Å². The first-order valence-electron chi connectivity index (χ1n) is 5.47. The number of sulfone groups is 1. The average Bonchev–Trinajstić information content (AvgIpc) is 2.17. The molecule has 0 aliphatic heterocycles. The minimum Gasteiger partial charge on any atom is -0.314 e. The lowest BCUT2D eigenvalue weighted by Crippen LogP contribution is -2.29. The van der Waals surface area contributed by atoms with E-state index in [2.05, 4.69) is 5.32 Å². The second-order valence-corrected chi connectivity index (χ2v) is 6.37. The SMILES string of the molecule is CC(C)NCCS(=O)(=O)Cc1ccccc1.Cl. The zero-order chi connectivity index (χ0) is 12.0. The van der Waals surface area contributed by atoms with Gasteiger partial charge in [0.25, 0.3) is 0 Å². The second kappa shape index (κ2) is 7.69. The van der Waals surface area contributed by atoms with Crippen LogP contribution < -0.4 is 5.32 Å². The van der Waals surface area contributed by atoms with Crippen LogP contribution in [0.1, 0.15) is 19.4 Å². The largest absolute Gasteiger partial charge is 0.314 e. The zero-order valence-electron chi connectivity index (χ0n) is 10.2. The standard InChI is InChI=1S/C12H19NO2S.ClH/c1-11(2)13-8-9-16(14,15)10-12-6-4-3-5-7-12;/h3-7,11,13H,8-10H2,1-2H3;1H. The molecule has 0 atom stereocenters. The lowest BCUT2D eigenvalue weighted by molar-refractivity contribution is 0.577. The van der Waals surface area contributed by atoms with Crippen molar-refractivity contribution in [1.82, 2.24) is 5.32 Å². The summed E-state index contributed by atoms with van der Waals surface area (Å²) >= 11 is 0. The smallest absolute Gasteiger partial charge is 0.155 e. The van der Waals surface area contributed by atoms with E-state index in [1.165, 1.54) is 0 Å². The van der Waals surface area contributed by atoms with Crippen LogP contribution in [0.25, 0.3) is 0 Å². The van der Waals surface area contributed by atoms with Crippen molar-refractivity contribution < 1.29 is 8.42 Å². The van der Waals surface area contributed by atoms with Crippen LogP contribution in [-0.4, -0.2) is 26.8 Å². The zero-order valence-corrected chi connectivity index (χ0v) is 11.9. The number of benzene rings is 1. The topological polar surface area (TPSA) is 46.2 Å². The van der Waals surface area contributed by atoms with Crippen molar-refractivity contribution in [3.05, 3.63) is 35.9 Å². The Balaban J connectivity index is 0.00000256. The van der Waals surface area contributed by atoms with Gasteiger partial charge in [0, 0.05) is 12.6 Å². The van der Waals surface area contributed by atoms with E-state index in [-0.39, 0.29) is 23.9 Å². The van der Waals surface area contributed by atoms with Gasteiger partial charge >= 0.3 is 0 Å². The maximum atomic E-state index is 11.7. The third-order valence-electron chi connectivity index (χ3n) is 2.20. The lowest BCUT2D eigenvalue weighted by atomic mass is 10.2. The number of rotatable bonds is 6.